The van der Waals surface area contributed by atoms with Crippen LogP contribution in [0.3, 0.4) is 0 Å². The lowest BCUT2D eigenvalue weighted by Gasteiger charge is -2.16. The van der Waals surface area contributed by atoms with E-state index in [0.29, 0.717) is 17.7 Å². The van der Waals surface area contributed by atoms with Crippen LogP contribution >= 0.6 is 0 Å². The molecule has 2 aromatic rings. The fourth-order valence-electron chi connectivity index (χ4n) is 2.16. The zero-order valence-corrected chi connectivity index (χ0v) is 11.2. The van der Waals surface area contributed by atoms with Gasteiger partial charge in [-0.3, -0.25) is 9.69 Å². The number of fused-ring (bicyclic) bond motifs is 1. The Hall–Kier alpha value is -2.12. The van der Waals surface area contributed by atoms with Gasteiger partial charge < -0.3 is 4.98 Å². The molecule has 0 aliphatic rings. The Kier molecular flexibility index (Phi) is 3.98. The third-order valence-corrected chi connectivity index (χ3v) is 3.37. The Bertz CT molecular complexity index is 632. The molecular formula is C15H17N3O. The van der Waals surface area contributed by atoms with Crippen LogP contribution in [0.15, 0.2) is 24.4 Å². The number of carbonyl (C=O) groups excluding carboxylic acids is 1. The van der Waals surface area contributed by atoms with Crippen molar-refractivity contribution >= 4 is 16.7 Å². The molecule has 0 unspecified atom stereocenters. The smallest absolute Gasteiger partial charge is 0.178 e. The van der Waals surface area contributed by atoms with E-state index >= 15 is 0 Å². The van der Waals surface area contributed by atoms with E-state index in [1.54, 1.807) is 18.3 Å². The van der Waals surface area contributed by atoms with E-state index in [4.69, 9.17) is 5.26 Å². The number of hydrogen-bond acceptors (Lipinski definition) is 3. The van der Waals surface area contributed by atoms with Gasteiger partial charge in [-0.25, -0.2) is 0 Å². The highest BCUT2D eigenvalue weighted by Crippen LogP contribution is 2.20. The predicted molar refractivity (Wildman–Crippen MR) is 75.1 cm³/mol. The summed E-state index contributed by atoms with van der Waals surface area (Å²) in [5.74, 6) is 0.0880. The summed E-state index contributed by atoms with van der Waals surface area (Å²) in [5.41, 5.74) is 2.13. The fraction of sp³-hybridized carbons (Fsp3) is 0.333. The molecule has 1 heterocycles. The van der Waals surface area contributed by atoms with Gasteiger partial charge in [0.2, 0.25) is 0 Å². The normalized spacial score (nSPS) is 10.8. The second kappa shape index (κ2) is 5.68. The van der Waals surface area contributed by atoms with Crippen molar-refractivity contribution in [2.75, 3.05) is 19.6 Å². The molecule has 0 amide bonds. The summed E-state index contributed by atoms with van der Waals surface area (Å²) < 4.78 is 0. The number of Topliss-reactive ketones (excluding diaryl/α,β-unsaturated/α-hetero) is 1. The van der Waals surface area contributed by atoms with Gasteiger partial charge in [-0.1, -0.05) is 13.8 Å². The summed E-state index contributed by atoms with van der Waals surface area (Å²) in [4.78, 5) is 17.5. The van der Waals surface area contributed by atoms with Crippen LogP contribution in [-0.4, -0.2) is 35.3 Å². The second-order valence-corrected chi connectivity index (χ2v) is 4.46. The van der Waals surface area contributed by atoms with Crippen LogP contribution in [0.4, 0.5) is 0 Å². The lowest BCUT2D eigenvalue weighted by Crippen LogP contribution is -2.29. The first-order chi connectivity index (χ1) is 9.19. The van der Waals surface area contributed by atoms with E-state index < -0.39 is 0 Å². The van der Waals surface area contributed by atoms with Crippen molar-refractivity contribution in [1.82, 2.24) is 9.88 Å². The highest BCUT2D eigenvalue weighted by atomic mass is 16.1. The Morgan fingerprint density at radius 1 is 1.37 bits per heavy atom. The van der Waals surface area contributed by atoms with Crippen LogP contribution in [0.1, 0.15) is 29.8 Å². The maximum Gasteiger partial charge on any atom is 0.178 e. The molecule has 98 valence electrons. The Morgan fingerprint density at radius 2 is 2.11 bits per heavy atom. The highest BCUT2D eigenvalue weighted by Gasteiger charge is 2.14. The van der Waals surface area contributed by atoms with Gasteiger partial charge in [0.25, 0.3) is 0 Å². The van der Waals surface area contributed by atoms with Crippen LogP contribution in [0.5, 0.6) is 0 Å². The minimum Gasteiger partial charge on any atom is -0.360 e. The molecule has 0 fully saturated rings. The molecule has 4 heteroatoms. The third-order valence-electron chi connectivity index (χ3n) is 3.37. The van der Waals surface area contributed by atoms with Gasteiger partial charge in [-0.15, -0.1) is 0 Å². The summed E-state index contributed by atoms with van der Waals surface area (Å²) in [5, 5.41) is 9.76. The van der Waals surface area contributed by atoms with Crippen molar-refractivity contribution in [3.05, 3.63) is 35.5 Å². The Labute approximate surface area is 112 Å². The summed E-state index contributed by atoms with van der Waals surface area (Å²) in [6.07, 6.45) is 1.73. The number of aromatic nitrogens is 1. The molecule has 1 aromatic carbocycles. The maximum absolute atomic E-state index is 12.3. The molecule has 0 bridgehead atoms. The van der Waals surface area contributed by atoms with Crippen LogP contribution in [0, 0.1) is 11.3 Å². The molecule has 1 N–H and O–H groups in total. The summed E-state index contributed by atoms with van der Waals surface area (Å²) in [6, 6.07) is 7.45. The first kappa shape index (κ1) is 13.3. The first-order valence-electron chi connectivity index (χ1n) is 6.46. The average molecular weight is 255 g/mol. The van der Waals surface area contributed by atoms with Crippen molar-refractivity contribution in [2.45, 2.75) is 13.8 Å². The SMILES string of the molecule is CCN(CC)CC(=O)c1c[nH]c2ccc(C#N)cc12. The Morgan fingerprint density at radius 3 is 2.74 bits per heavy atom. The molecule has 2 rings (SSSR count). The largest absolute Gasteiger partial charge is 0.360 e. The van der Waals surface area contributed by atoms with Crippen molar-refractivity contribution < 1.29 is 4.79 Å². The van der Waals surface area contributed by atoms with Crippen LogP contribution < -0.4 is 0 Å². The number of H-pyrrole nitrogens is 1. The lowest BCUT2D eigenvalue weighted by molar-refractivity contribution is 0.0939. The van der Waals surface area contributed by atoms with E-state index in [2.05, 4.69) is 16.0 Å². The van der Waals surface area contributed by atoms with Gasteiger partial charge in [0.15, 0.2) is 5.78 Å². The van der Waals surface area contributed by atoms with E-state index in [0.717, 1.165) is 24.0 Å². The number of rotatable bonds is 5. The van der Waals surface area contributed by atoms with Gasteiger partial charge >= 0.3 is 0 Å². The molecular weight excluding hydrogens is 238 g/mol. The monoisotopic (exact) mass is 255 g/mol. The third kappa shape index (κ3) is 2.67. The summed E-state index contributed by atoms with van der Waals surface area (Å²) in [7, 11) is 0. The number of aromatic amines is 1. The van der Waals surface area contributed by atoms with Gasteiger partial charge in [0, 0.05) is 22.7 Å². The quantitative estimate of drug-likeness (QED) is 0.835. The zero-order chi connectivity index (χ0) is 13.8. The van der Waals surface area contributed by atoms with Crippen LogP contribution in [-0.2, 0) is 0 Å². The molecule has 19 heavy (non-hydrogen) atoms. The minimum absolute atomic E-state index is 0.0880. The number of nitrogens with zero attached hydrogens (tertiary/aromatic N) is 2. The summed E-state index contributed by atoms with van der Waals surface area (Å²) >= 11 is 0. The molecule has 0 spiro atoms. The van der Waals surface area contributed by atoms with Crippen molar-refractivity contribution in [2.24, 2.45) is 0 Å². The molecule has 1 aromatic heterocycles. The van der Waals surface area contributed by atoms with Crippen LogP contribution in [0.2, 0.25) is 0 Å². The number of nitrogens with one attached hydrogen (secondary N) is 1. The van der Waals surface area contributed by atoms with Gasteiger partial charge in [-0.2, -0.15) is 5.26 Å². The Balaban J connectivity index is 2.34. The summed E-state index contributed by atoms with van der Waals surface area (Å²) in [6.45, 7) is 6.21. The van der Waals surface area contributed by atoms with Crippen molar-refractivity contribution in [3.8, 4) is 6.07 Å². The molecule has 0 aliphatic heterocycles. The molecule has 0 radical (unpaired) electrons. The number of hydrogen-bond donors (Lipinski definition) is 1. The van der Waals surface area contributed by atoms with E-state index in [9.17, 15) is 4.79 Å². The standard InChI is InChI=1S/C15H17N3O/c1-3-18(4-2)10-15(19)13-9-17-14-6-5-11(8-16)7-12(13)14/h5-7,9,17H,3-4,10H2,1-2H3. The maximum atomic E-state index is 12.3. The average Bonchev–Trinajstić information content (AvgIpc) is 2.87. The molecule has 0 saturated heterocycles. The van der Waals surface area contributed by atoms with Gasteiger partial charge in [0.1, 0.15) is 0 Å². The predicted octanol–water partition coefficient (Wildman–Crippen LogP) is 2.56. The van der Waals surface area contributed by atoms with Crippen molar-refractivity contribution in [3.63, 3.8) is 0 Å². The second-order valence-electron chi connectivity index (χ2n) is 4.46. The molecule has 0 atom stereocenters. The minimum atomic E-state index is 0.0880. The fourth-order valence-corrected chi connectivity index (χ4v) is 2.16. The first-order valence-corrected chi connectivity index (χ1v) is 6.46. The molecule has 4 nitrogen and oxygen atoms in total. The van der Waals surface area contributed by atoms with E-state index in [1.165, 1.54) is 0 Å². The number of carbonyl (C=O) groups is 1. The number of likely N-dealkylation sites (N-methyl/N-ethyl adjacent to an activating group) is 1. The van der Waals surface area contributed by atoms with Crippen molar-refractivity contribution in [1.29, 1.82) is 5.26 Å². The topological polar surface area (TPSA) is 59.9 Å². The molecule has 0 aliphatic carbocycles. The van der Waals surface area contributed by atoms with E-state index in [-0.39, 0.29) is 5.78 Å². The number of benzene rings is 1. The van der Waals surface area contributed by atoms with E-state index in [1.807, 2.05) is 19.9 Å². The number of nitriles is 1. The van der Waals surface area contributed by atoms with Crippen LogP contribution in [0.25, 0.3) is 10.9 Å². The van der Waals surface area contributed by atoms with Gasteiger partial charge in [-0.05, 0) is 31.3 Å². The zero-order valence-electron chi connectivity index (χ0n) is 11.2. The highest BCUT2D eigenvalue weighted by molar-refractivity contribution is 6.09. The number of ketones is 1. The molecule has 0 saturated carbocycles. The van der Waals surface area contributed by atoms with Gasteiger partial charge in [0.05, 0.1) is 18.2 Å². The lowest BCUT2D eigenvalue weighted by atomic mass is 10.1.